The van der Waals surface area contributed by atoms with Gasteiger partial charge in [-0.3, -0.25) is 24.6 Å². The lowest BCUT2D eigenvalue weighted by atomic mass is 9.92. The molecule has 2 aromatic rings. The van der Waals surface area contributed by atoms with Gasteiger partial charge in [-0.25, -0.2) is 0 Å². The lowest BCUT2D eigenvalue weighted by Crippen LogP contribution is -2.40. The number of nitro benzene ring substituents is 1. The van der Waals surface area contributed by atoms with Crippen LogP contribution in [-0.4, -0.2) is 41.3 Å². The number of rotatable bonds is 3. The van der Waals surface area contributed by atoms with Crippen molar-refractivity contribution in [3.63, 3.8) is 0 Å². The summed E-state index contributed by atoms with van der Waals surface area (Å²) in [4.78, 5) is 39.8. The van der Waals surface area contributed by atoms with E-state index < -0.39 is 10.8 Å². The Morgan fingerprint density at radius 1 is 1.12 bits per heavy atom. The Morgan fingerprint density at radius 2 is 1.80 bits per heavy atom. The Morgan fingerprint density at radius 3 is 2.44 bits per heavy atom. The molecule has 128 valence electrons. The van der Waals surface area contributed by atoms with Gasteiger partial charge in [-0.1, -0.05) is 12.1 Å². The number of carbonyl (C=O) groups is 2. The molecule has 2 aliphatic heterocycles. The number of nitrogens with zero attached hydrogens (tertiary/aromatic N) is 3. The molecule has 0 N–H and O–H groups in total. The standard InChI is InChI=1S/C18H17N3O4/c1-2-20-17(22)12-7-5-6-11-15(12)13(18(20)23)10-14(21(24)25)16(11)19-8-3-4-9-19/h5-7,10H,2-4,8-9H2,1H3. The average Bonchev–Trinajstić information content (AvgIpc) is 3.13. The Balaban J connectivity index is 2.11. The van der Waals surface area contributed by atoms with Crippen molar-refractivity contribution in [1.82, 2.24) is 4.90 Å². The van der Waals surface area contributed by atoms with Crippen LogP contribution < -0.4 is 4.90 Å². The molecule has 7 heteroatoms. The first-order valence-corrected chi connectivity index (χ1v) is 8.39. The van der Waals surface area contributed by atoms with Crippen molar-refractivity contribution in [2.75, 3.05) is 24.5 Å². The number of amides is 2. The summed E-state index contributed by atoms with van der Waals surface area (Å²) in [6.07, 6.45) is 1.95. The van der Waals surface area contributed by atoms with E-state index in [0.29, 0.717) is 22.0 Å². The van der Waals surface area contributed by atoms with Gasteiger partial charge in [0.25, 0.3) is 17.5 Å². The molecule has 2 amide bonds. The molecule has 2 heterocycles. The van der Waals surface area contributed by atoms with Gasteiger partial charge in [0.1, 0.15) is 5.69 Å². The average molecular weight is 339 g/mol. The number of imide groups is 1. The third kappa shape index (κ3) is 2.12. The minimum atomic E-state index is -0.465. The zero-order chi connectivity index (χ0) is 17.7. The lowest BCUT2D eigenvalue weighted by molar-refractivity contribution is -0.384. The van der Waals surface area contributed by atoms with Crippen molar-refractivity contribution in [3.05, 3.63) is 45.5 Å². The molecule has 25 heavy (non-hydrogen) atoms. The molecule has 0 bridgehead atoms. The van der Waals surface area contributed by atoms with Gasteiger partial charge in [-0.2, -0.15) is 0 Å². The number of anilines is 1. The normalized spacial score (nSPS) is 16.8. The highest BCUT2D eigenvalue weighted by molar-refractivity contribution is 6.27. The third-order valence-electron chi connectivity index (χ3n) is 5.00. The molecule has 1 saturated heterocycles. The van der Waals surface area contributed by atoms with Crippen LogP contribution in [0.3, 0.4) is 0 Å². The Hall–Kier alpha value is -2.96. The van der Waals surface area contributed by atoms with Gasteiger partial charge >= 0.3 is 0 Å². The van der Waals surface area contributed by atoms with Crippen LogP contribution in [0.15, 0.2) is 24.3 Å². The summed E-state index contributed by atoms with van der Waals surface area (Å²) < 4.78 is 0. The second-order valence-electron chi connectivity index (χ2n) is 6.33. The van der Waals surface area contributed by atoms with Gasteiger partial charge in [-0.15, -0.1) is 0 Å². The molecule has 0 aromatic heterocycles. The largest absolute Gasteiger partial charge is 0.365 e. The first-order chi connectivity index (χ1) is 12.0. The van der Waals surface area contributed by atoms with Crippen LogP contribution in [0.4, 0.5) is 11.4 Å². The summed E-state index contributed by atoms with van der Waals surface area (Å²) >= 11 is 0. The van der Waals surface area contributed by atoms with Crippen molar-refractivity contribution >= 4 is 34.0 Å². The molecule has 0 radical (unpaired) electrons. The number of nitro groups is 1. The maximum Gasteiger partial charge on any atom is 0.293 e. The molecule has 0 spiro atoms. The predicted octanol–water partition coefficient (Wildman–Crippen LogP) is 2.96. The molecule has 0 saturated carbocycles. The van der Waals surface area contributed by atoms with E-state index in [1.807, 2.05) is 4.90 Å². The lowest BCUT2D eigenvalue weighted by Gasteiger charge is -2.28. The minimum absolute atomic E-state index is 0.0692. The van der Waals surface area contributed by atoms with E-state index in [1.54, 1.807) is 25.1 Å². The highest BCUT2D eigenvalue weighted by Gasteiger charge is 2.36. The Labute approximate surface area is 144 Å². The molecular formula is C18H17N3O4. The summed E-state index contributed by atoms with van der Waals surface area (Å²) in [5, 5.41) is 12.9. The molecule has 0 unspecified atom stereocenters. The van der Waals surface area contributed by atoms with Crippen LogP contribution in [-0.2, 0) is 0 Å². The first kappa shape index (κ1) is 15.6. The van der Waals surface area contributed by atoms with E-state index in [0.717, 1.165) is 30.8 Å². The summed E-state index contributed by atoms with van der Waals surface area (Å²) in [7, 11) is 0. The van der Waals surface area contributed by atoms with E-state index in [4.69, 9.17) is 0 Å². The Bertz CT molecular complexity index is 932. The first-order valence-electron chi connectivity index (χ1n) is 8.39. The summed E-state index contributed by atoms with van der Waals surface area (Å²) in [6.45, 7) is 3.42. The van der Waals surface area contributed by atoms with Crippen molar-refractivity contribution < 1.29 is 14.5 Å². The number of hydrogen-bond acceptors (Lipinski definition) is 5. The smallest absolute Gasteiger partial charge is 0.293 e. The SMILES string of the molecule is CCN1C(=O)c2cccc3c(N4CCCC4)c([N+](=O)[O-])cc(c23)C1=O. The van der Waals surface area contributed by atoms with Crippen molar-refractivity contribution in [2.45, 2.75) is 19.8 Å². The molecule has 4 rings (SSSR count). The van der Waals surface area contributed by atoms with Crippen LogP contribution in [0.2, 0.25) is 0 Å². The monoisotopic (exact) mass is 339 g/mol. The predicted molar refractivity (Wildman–Crippen MR) is 93.1 cm³/mol. The number of carbonyl (C=O) groups excluding carboxylic acids is 2. The van der Waals surface area contributed by atoms with E-state index in [1.165, 1.54) is 6.07 Å². The van der Waals surface area contributed by atoms with E-state index in [2.05, 4.69) is 0 Å². The summed E-state index contributed by atoms with van der Waals surface area (Å²) in [5.41, 5.74) is 1.12. The van der Waals surface area contributed by atoms with Crippen LogP contribution in [0.1, 0.15) is 40.5 Å². The van der Waals surface area contributed by atoms with Gasteiger partial charge in [0, 0.05) is 42.0 Å². The maximum atomic E-state index is 12.7. The quantitative estimate of drug-likeness (QED) is 0.488. The highest BCUT2D eigenvalue weighted by atomic mass is 16.6. The second-order valence-corrected chi connectivity index (χ2v) is 6.33. The van der Waals surface area contributed by atoms with Gasteiger partial charge in [0.05, 0.1) is 10.5 Å². The zero-order valence-electron chi connectivity index (χ0n) is 13.8. The second kappa shape index (κ2) is 5.54. The van der Waals surface area contributed by atoms with E-state index in [9.17, 15) is 19.7 Å². The molecule has 1 fully saturated rings. The zero-order valence-corrected chi connectivity index (χ0v) is 13.8. The van der Waals surface area contributed by atoms with Gasteiger partial charge in [0.15, 0.2) is 0 Å². The summed E-state index contributed by atoms with van der Waals surface area (Å²) in [6, 6.07) is 6.53. The van der Waals surface area contributed by atoms with Crippen molar-refractivity contribution in [3.8, 4) is 0 Å². The topological polar surface area (TPSA) is 83.8 Å². The van der Waals surface area contributed by atoms with Crippen LogP contribution in [0, 0.1) is 10.1 Å². The maximum absolute atomic E-state index is 12.7. The van der Waals surface area contributed by atoms with Crippen LogP contribution in [0.5, 0.6) is 0 Å². The van der Waals surface area contributed by atoms with Crippen molar-refractivity contribution in [1.29, 1.82) is 0 Å². The molecular weight excluding hydrogens is 322 g/mol. The summed E-state index contributed by atoms with van der Waals surface area (Å²) in [5.74, 6) is -0.806. The van der Waals surface area contributed by atoms with E-state index >= 15 is 0 Å². The molecule has 2 aliphatic rings. The third-order valence-corrected chi connectivity index (χ3v) is 5.00. The van der Waals surface area contributed by atoms with E-state index in [-0.39, 0.29) is 23.7 Å². The molecule has 0 aliphatic carbocycles. The van der Waals surface area contributed by atoms with Gasteiger partial charge in [0.2, 0.25) is 0 Å². The fraction of sp³-hybridized carbons (Fsp3) is 0.333. The number of hydrogen-bond donors (Lipinski definition) is 0. The van der Waals surface area contributed by atoms with Gasteiger partial charge < -0.3 is 4.90 Å². The molecule has 2 aromatic carbocycles. The van der Waals surface area contributed by atoms with Crippen LogP contribution >= 0.6 is 0 Å². The van der Waals surface area contributed by atoms with Gasteiger partial charge in [-0.05, 0) is 25.8 Å². The fourth-order valence-electron chi connectivity index (χ4n) is 3.88. The van der Waals surface area contributed by atoms with Crippen molar-refractivity contribution in [2.24, 2.45) is 0 Å². The molecule has 7 nitrogen and oxygen atoms in total. The highest BCUT2D eigenvalue weighted by Crippen LogP contribution is 2.43. The Kier molecular flexibility index (Phi) is 3.45. The molecule has 0 atom stereocenters. The number of benzene rings is 2. The van der Waals surface area contributed by atoms with Crippen LogP contribution in [0.25, 0.3) is 10.8 Å². The minimum Gasteiger partial charge on any atom is -0.365 e. The fourth-order valence-corrected chi connectivity index (χ4v) is 3.88.